The molecule has 2 heterocycles. The van der Waals surface area contributed by atoms with E-state index in [0.29, 0.717) is 13.0 Å². The lowest BCUT2D eigenvalue weighted by atomic mass is 10.0. The fraction of sp³-hybridized carbons (Fsp3) is 0.824. The first-order chi connectivity index (χ1) is 11.4. The molecule has 0 aliphatic carbocycles. The van der Waals surface area contributed by atoms with Crippen molar-refractivity contribution in [1.29, 1.82) is 0 Å². The standard InChI is InChI=1S/C17H28N2O6/c1-16(2,3)23-14(21)18-9-7-8-11(18)12-10-13(20)25-19(12)15(22)24-17(4,5)6/h11-12H,7-10H2,1-6H3/t11-,12-/m0/s1. The molecule has 142 valence electrons. The molecule has 2 aliphatic rings. The summed E-state index contributed by atoms with van der Waals surface area (Å²) in [5, 5.41) is 0.973. The molecule has 2 atom stereocenters. The SMILES string of the molecule is CC(C)(C)OC(=O)N1CCC[C@H]1[C@@H]1CC(=O)ON1C(=O)OC(C)(C)C. The summed E-state index contributed by atoms with van der Waals surface area (Å²) < 4.78 is 10.8. The van der Waals surface area contributed by atoms with E-state index < -0.39 is 35.4 Å². The molecule has 0 aromatic rings. The molecule has 0 spiro atoms. The average Bonchev–Trinajstić information content (AvgIpc) is 2.99. The van der Waals surface area contributed by atoms with Gasteiger partial charge in [-0.3, -0.25) is 0 Å². The Hall–Kier alpha value is -1.99. The molecule has 0 bridgehead atoms. The molecule has 2 saturated heterocycles. The van der Waals surface area contributed by atoms with E-state index in [1.165, 1.54) is 0 Å². The van der Waals surface area contributed by atoms with Gasteiger partial charge in [0.05, 0.1) is 12.5 Å². The first kappa shape index (κ1) is 19.3. The average molecular weight is 356 g/mol. The first-order valence-electron chi connectivity index (χ1n) is 8.60. The number of hydroxylamine groups is 2. The summed E-state index contributed by atoms with van der Waals surface area (Å²) in [4.78, 5) is 43.3. The van der Waals surface area contributed by atoms with Crippen molar-refractivity contribution in [3.05, 3.63) is 0 Å². The normalized spacial score (nSPS) is 24.3. The van der Waals surface area contributed by atoms with Gasteiger partial charge in [0.1, 0.15) is 17.2 Å². The number of likely N-dealkylation sites (tertiary alicyclic amines) is 1. The van der Waals surface area contributed by atoms with Gasteiger partial charge in [0, 0.05) is 6.54 Å². The summed E-state index contributed by atoms with van der Waals surface area (Å²) in [6.45, 7) is 11.1. The lowest BCUT2D eigenvalue weighted by molar-refractivity contribution is -0.172. The molecule has 2 amide bonds. The Balaban J connectivity index is 2.14. The van der Waals surface area contributed by atoms with Crippen LogP contribution in [0.3, 0.4) is 0 Å². The van der Waals surface area contributed by atoms with E-state index >= 15 is 0 Å². The quantitative estimate of drug-likeness (QED) is 0.718. The Bertz CT molecular complexity index is 548. The van der Waals surface area contributed by atoms with E-state index in [4.69, 9.17) is 14.3 Å². The third kappa shape index (κ3) is 4.99. The smallest absolute Gasteiger partial charge is 0.444 e. The number of amides is 2. The molecule has 2 rings (SSSR count). The molecule has 0 unspecified atom stereocenters. The minimum Gasteiger partial charge on any atom is -0.444 e. The third-order valence-corrected chi connectivity index (χ3v) is 3.82. The van der Waals surface area contributed by atoms with E-state index in [9.17, 15) is 14.4 Å². The van der Waals surface area contributed by atoms with Crippen LogP contribution < -0.4 is 0 Å². The second-order valence-electron chi connectivity index (χ2n) is 8.42. The Morgan fingerprint density at radius 1 is 1.00 bits per heavy atom. The molecule has 8 nitrogen and oxygen atoms in total. The highest BCUT2D eigenvalue weighted by Gasteiger charge is 2.48. The van der Waals surface area contributed by atoms with Gasteiger partial charge in [-0.1, -0.05) is 0 Å². The number of carbonyl (C=O) groups is 3. The zero-order valence-electron chi connectivity index (χ0n) is 15.8. The molecule has 0 saturated carbocycles. The Morgan fingerprint density at radius 2 is 1.56 bits per heavy atom. The minimum atomic E-state index is -0.723. The van der Waals surface area contributed by atoms with Crippen molar-refractivity contribution in [3.63, 3.8) is 0 Å². The topological polar surface area (TPSA) is 85.4 Å². The van der Waals surface area contributed by atoms with E-state index in [1.54, 1.807) is 46.4 Å². The monoisotopic (exact) mass is 356 g/mol. The van der Waals surface area contributed by atoms with Crippen molar-refractivity contribution in [3.8, 4) is 0 Å². The van der Waals surface area contributed by atoms with E-state index in [0.717, 1.165) is 11.5 Å². The molecule has 2 aliphatic heterocycles. The summed E-state index contributed by atoms with van der Waals surface area (Å²) in [7, 11) is 0. The minimum absolute atomic E-state index is 0.0310. The molecular formula is C17H28N2O6. The maximum Gasteiger partial charge on any atom is 0.444 e. The van der Waals surface area contributed by atoms with Crippen LogP contribution in [-0.4, -0.2) is 57.9 Å². The molecule has 0 aromatic heterocycles. The van der Waals surface area contributed by atoms with Gasteiger partial charge in [0.15, 0.2) is 0 Å². The van der Waals surface area contributed by atoms with Crippen molar-refractivity contribution in [2.45, 2.75) is 84.1 Å². The summed E-state index contributed by atoms with van der Waals surface area (Å²) in [6.07, 6.45) is 0.303. The van der Waals surface area contributed by atoms with Gasteiger partial charge in [0.2, 0.25) is 0 Å². The maximum absolute atomic E-state index is 12.5. The molecular weight excluding hydrogens is 328 g/mol. The highest BCUT2D eigenvalue weighted by molar-refractivity contribution is 5.78. The second kappa shape index (κ2) is 6.72. The Morgan fingerprint density at radius 3 is 2.12 bits per heavy atom. The maximum atomic E-state index is 12.5. The lowest BCUT2D eigenvalue weighted by Gasteiger charge is -2.34. The largest absolute Gasteiger partial charge is 0.444 e. The van der Waals surface area contributed by atoms with Crippen LogP contribution in [0, 0.1) is 0 Å². The predicted octanol–water partition coefficient (Wildman–Crippen LogP) is 2.85. The molecule has 8 heteroatoms. The van der Waals surface area contributed by atoms with Crippen molar-refractivity contribution in [2.75, 3.05) is 6.54 Å². The Kier molecular flexibility index (Phi) is 5.20. The van der Waals surface area contributed by atoms with E-state index in [-0.39, 0.29) is 12.5 Å². The zero-order valence-corrected chi connectivity index (χ0v) is 15.8. The number of rotatable bonds is 1. The second-order valence-corrected chi connectivity index (χ2v) is 8.42. The van der Waals surface area contributed by atoms with Crippen molar-refractivity contribution in [2.24, 2.45) is 0 Å². The van der Waals surface area contributed by atoms with Gasteiger partial charge in [0.25, 0.3) is 0 Å². The van der Waals surface area contributed by atoms with Crippen molar-refractivity contribution < 1.29 is 28.7 Å². The molecule has 2 fully saturated rings. The van der Waals surface area contributed by atoms with E-state index in [1.807, 2.05) is 0 Å². The third-order valence-electron chi connectivity index (χ3n) is 3.82. The first-order valence-corrected chi connectivity index (χ1v) is 8.60. The van der Waals surface area contributed by atoms with Gasteiger partial charge in [-0.05, 0) is 54.4 Å². The number of hydrogen-bond acceptors (Lipinski definition) is 6. The molecule has 25 heavy (non-hydrogen) atoms. The van der Waals surface area contributed by atoms with Gasteiger partial charge in [-0.25, -0.2) is 14.4 Å². The van der Waals surface area contributed by atoms with Crippen molar-refractivity contribution in [1.82, 2.24) is 9.96 Å². The fourth-order valence-corrected chi connectivity index (χ4v) is 2.98. The lowest BCUT2D eigenvalue weighted by Crippen LogP contribution is -2.51. The number of carbonyl (C=O) groups excluding carboxylic acids is 3. The predicted molar refractivity (Wildman–Crippen MR) is 88.5 cm³/mol. The van der Waals surface area contributed by atoms with Crippen LogP contribution in [-0.2, 0) is 19.1 Å². The van der Waals surface area contributed by atoms with Gasteiger partial charge < -0.3 is 19.2 Å². The molecule has 0 aromatic carbocycles. The van der Waals surface area contributed by atoms with Crippen LogP contribution in [0.25, 0.3) is 0 Å². The van der Waals surface area contributed by atoms with Crippen LogP contribution in [0.15, 0.2) is 0 Å². The Labute approximate surface area is 148 Å². The summed E-state index contributed by atoms with van der Waals surface area (Å²) in [6, 6.07) is -0.911. The highest BCUT2D eigenvalue weighted by Crippen LogP contribution is 2.31. The number of hydrogen-bond donors (Lipinski definition) is 0. The molecule has 0 N–H and O–H groups in total. The van der Waals surface area contributed by atoms with Crippen LogP contribution in [0.4, 0.5) is 9.59 Å². The molecule has 0 radical (unpaired) electrons. The van der Waals surface area contributed by atoms with Crippen LogP contribution in [0.2, 0.25) is 0 Å². The van der Waals surface area contributed by atoms with Crippen LogP contribution in [0.5, 0.6) is 0 Å². The number of nitrogens with zero attached hydrogens (tertiary/aromatic N) is 2. The van der Waals surface area contributed by atoms with Crippen LogP contribution >= 0.6 is 0 Å². The highest BCUT2D eigenvalue weighted by atomic mass is 16.8. The summed E-state index contributed by atoms with van der Waals surface area (Å²) in [5.74, 6) is -0.508. The fourth-order valence-electron chi connectivity index (χ4n) is 2.98. The number of ether oxygens (including phenoxy) is 2. The van der Waals surface area contributed by atoms with Gasteiger partial charge >= 0.3 is 18.2 Å². The zero-order chi connectivity index (χ0) is 19.0. The summed E-state index contributed by atoms with van der Waals surface area (Å²) >= 11 is 0. The van der Waals surface area contributed by atoms with Gasteiger partial charge in [-0.2, -0.15) is 0 Å². The van der Waals surface area contributed by atoms with Gasteiger partial charge in [-0.15, -0.1) is 5.06 Å². The summed E-state index contributed by atoms with van der Waals surface area (Å²) in [5.41, 5.74) is -1.33. The van der Waals surface area contributed by atoms with Crippen LogP contribution in [0.1, 0.15) is 60.8 Å². The van der Waals surface area contributed by atoms with E-state index in [2.05, 4.69) is 0 Å². The van der Waals surface area contributed by atoms with Crippen molar-refractivity contribution >= 4 is 18.2 Å².